The fourth-order valence-corrected chi connectivity index (χ4v) is 5.75. The first-order valence-corrected chi connectivity index (χ1v) is 13.6. The number of aryl methyl sites for hydroxylation is 1. The monoisotopic (exact) mass is 517 g/mol. The van der Waals surface area contributed by atoms with Crippen LogP contribution in [0.2, 0.25) is 0 Å². The molecule has 0 aliphatic heterocycles. The second-order valence-electron chi connectivity index (χ2n) is 9.80. The molecule has 0 radical (unpaired) electrons. The smallest absolute Gasteiger partial charge is 0.116 e. The Hall–Kier alpha value is -5.16. The van der Waals surface area contributed by atoms with Crippen molar-refractivity contribution in [1.29, 1.82) is 0 Å². The summed E-state index contributed by atoms with van der Waals surface area (Å²) in [5, 5.41) is 1.19. The zero-order valence-corrected chi connectivity index (χ0v) is 22.2. The van der Waals surface area contributed by atoms with Gasteiger partial charge in [-0.15, -0.1) is 0 Å². The van der Waals surface area contributed by atoms with Crippen LogP contribution in [0, 0.1) is 0 Å². The summed E-state index contributed by atoms with van der Waals surface area (Å²) in [6.45, 7) is 3.06. The van der Waals surface area contributed by atoms with Gasteiger partial charge in [0.2, 0.25) is 0 Å². The van der Waals surface area contributed by atoms with Crippen molar-refractivity contribution in [2.24, 2.45) is 0 Å². The zero-order chi connectivity index (χ0) is 26.9. The third-order valence-corrected chi connectivity index (χ3v) is 7.54. The highest BCUT2D eigenvalue weighted by Gasteiger charge is 2.23. The van der Waals surface area contributed by atoms with Gasteiger partial charge in [0.1, 0.15) is 18.2 Å². The Morgan fingerprint density at radius 3 is 1.98 bits per heavy atom. The van der Waals surface area contributed by atoms with Gasteiger partial charge < -0.3 is 4.57 Å². The van der Waals surface area contributed by atoms with Crippen molar-refractivity contribution in [3.63, 3.8) is 0 Å². The number of hydrogen-bond acceptors (Lipinski definition) is 4. The molecule has 0 saturated heterocycles. The number of para-hydroxylation sites is 1. The van der Waals surface area contributed by atoms with Crippen LogP contribution in [0.25, 0.3) is 55.7 Å². The summed E-state index contributed by atoms with van der Waals surface area (Å²) in [4.78, 5) is 18.0. The molecule has 0 unspecified atom stereocenters. The SMILES string of the molecule is CCn1c2ccccc2c2ncnc(-c3ccccc3)c21.c1ccc(-c2ncnc3c2Cc2ccccc2-3)cc1. The molecule has 0 bridgehead atoms. The van der Waals surface area contributed by atoms with E-state index in [4.69, 9.17) is 0 Å². The Bertz CT molecular complexity index is 1960. The van der Waals surface area contributed by atoms with Crippen LogP contribution in [-0.2, 0) is 13.0 Å². The number of fused-ring (bicyclic) bond motifs is 6. The van der Waals surface area contributed by atoms with Crippen LogP contribution in [0.5, 0.6) is 0 Å². The van der Waals surface area contributed by atoms with Crippen LogP contribution in [-0.4, -0.2) is 24.5 Å². The number of aromatic nitrogens is 5. The lowest BCUT2D eigenvalue weighted by molar-refractivity contribution is 0.825. The van der Waals surface area contributed by atoms with E-state index in [-0.39, 0.29) is 0 Å². The lowest BCUT2D eigenvalue weighted by Gasteiger charge is -2.07. The lowest BCUT2D eigenvalue weighted by Crippen LogP contribution is -1.97. The van der Waals surface area contributed by atoms with Crippen molar-refractivity contribution in [2.75, 3.05) is 0 Å². The first-order valence-electron chi connectivity index (χ1n) is 13.6. The van der Waals surface area contributed by atoms with Crippen LogP contribution in [0.3, 0.4) is 0 Å². The fraction of sp³-hybridized carbons (Fsp3) is 0.0857. The van der Waals surface area contributed by atoms with Crippen molar-refractivity contribution in [3.05, 3.63) is 133 Å². The molecule has 3 heterocycles. The maximum absolute atomic E-state index is 4.55. The molecule has 7 aromatic rings. The third-order valence-electron chi connectivity index (χ3n) is 7.54. The Labute approximate surface area is 232 Å². The molecule has 3 aromatic heterocycles. The molecule has 40 heavy (non-hydrogen) atoms. The van der Waals surface area contributed by atoms with E-state index < -0.39 is 0 Å². The van der Waals surface area contributed by atoms with Crippen LogP contribution in [0.15, 0.2) is 122 Å². The molecule has 0 amide bonds. The minimum absolute atomic E-state index is 0.900. The Morgan fingerprint density at radius 2 is 1.20 bits per heavy atom. The quantitative estimate of drug-likeness (QED) is 0.238. The molecule has 192 valence electrons. The van der Waals surface area contributed by atoms with Crippen molar-refractivity contribution in [3.8, 4) is 33.8 Å². The predicted octanol–water partition coefficient (Wildman–Crippen LogP) is 7.99. The van der Waals surface area contributed by atoms with E-state index in [0.29, 0.717) is 0 Å². The van der Waals surface area contributed by atoms with Crippen molar-refractivity contribution in [1.82, 2.24) is 24.5 Å². The van der Waals surface area contributed by atoms with Gasteiger partial charge in [0, 0.05) is 40.6 Å². The van der Waals surface area contributed by atoms with Gasteiger partial charge in [-0.3, -0.25) is 0 Å². The second kappa shape index (κ2) is 10.2. The van der Waals surface area contributed by atoms with Crippen LogP contribution in [0.1, 0.15) is 18.1 Å². The van der Waals surface area contributed by atoms with Gasteiger partial charge in [-0.1, -0.05) is 103 Å². The van der Waals surface area contributed by atoms with E-state index in [1.54, 1.807) is 12.7 Å². The summed E-state index contributed by atoms with van der Waals surface area (Å²) in [6.07, 6.45) is 4.26. The average molecular weight is 518 g/mol. The predicted molar refractivity (Wildman–Crippen MR) is 162 cm³/mol. The van der Waals surface area contributed by atoms with Crippen molar-refractivity contribution in [2.45, 2.75) is 19.9 Å². The van der Waals surface area contributed by atoms with E-state index in [1.807, 2.05) is 36.4 Å². The first kappa shape index (κ1) is 23.9. The minimum atomic E-state index is 0.900. The van der Waals surface area contributed by atoms with Crippen molar-refractivity contribution < 1.29 is 0 Å². The standard InChI is InChI=1S/C18H15N3.C17H12N2/c1-2-21-15-11-7-6-10-14(15)17-18(21)16(19-12-20-17)13-8-4-3-5-9-13;1-2-6-12(7-3-1)16-15-10-13-8-4-5-9-14(13)17(15)19-11-18-16/h3-12H,2H2,1H3;1-9,11H,10H2. The van der Waals surface area contributed by atoms with Gasteiger partial charge >= 0.3 is 0 Å². The lowest BCUT2D eigenvalue weighted by atomic mass is 10.0. The van der Waals surface area contributed by atoms with Crippen LogP contribution in [0.4, 0.5) is 0 Å². The van der Waals surface area contributed by atoms with Gasteiger partial charge in [-0.05, 0) is 18.6 Å². The van der Waals surface area contributed by atoms with Gasteiger partial charge in [0.25, 0.3) is 0 Å². The second-order valence-corrected chi connectivity index (χ2v) is 9.80. The number of rotatable bonds is 3. The molecule has 1 aliphatic rings. The molecular formula is C35H27N5. The maximum atomic E-state index is 4.55. The highest BCUT2D eigenvalue weighted by Crippen LogP contribution is 2.38. The largest absolute Gasteiger partial charge is 0.338 e. The van der Waals surface area contributed by atoms with Crippen LogP contribution < -0.4 is 0 Å². The molecule has 5 heteroatoms. The molecule has 1 aliphatic carbocycles. The third kappa shape index (κ3) is 4.03. The Morgan fingerprint density at radius 1 is 0.600 bits per heavy atom. The summed E-state index contributed by atoms with van der Waals surface area (Å²) in [5.74, 6) is 0. The topological polar surface area (TPSA) is 56.5 Å². The molecule has 0 fully saturated rings. The van der Waals surface area contributed by atoms with E-state index in [1.165, 1.54) is 27.6 Å². The van der Waals surface area contributed by atoms with Gasteiger partial charge in [-0.25, -0.2) is 19.9 Å². The van der Waals surface area contributed by atoms with E-state index >= 15 is 0 Å². The zero-order valence-electron chi connectivity index (χ0n) is 22.2. The highest BCUT2D eigenvalue weighted by molar-refractivity contribution is 6.09. The van der Waals surface area contributed by atoms with Gasteiger partial charge in [0.05, 0.1) is 28.1 Å². The number of nitrogens with zero attached hydrogens (tertiary/aromatic N) is 5. The fourth-order valence-electron chi connectivity index (χ4n) is 5.75. The van der Waals surface area contributed by atoms with Crippen LogP contribution >= 0.6 is 0 Å². The van der Waals surface area contributed by atoms with Gasteiger partial charge in [0.15, 0.2) is 0 Å². The average Bonchev–Trinajstić information content (AvgIpc) is 3.58. The van der Waals surface area contributed by atoms with Gasteiger partial charge in [-0.2, -0.15) is 0 Å². The molecule has 0 saturated carbocycles. The number of benzene rings is 4. The number of hydrogen-bond donors (Lipinski definition) is 0. The summed E-state index contributed by atoms with van der Waals surface area (Å²) in [7, 11) is 0. The minimum Gasteiger partial charge on any atom is -0.338 e. The van der Waals surface area contributed by atoms with E-state index in [9.17, 15) is 0 Å². The molecule has 0 spiro atoms. The Balaban J connectivity index is 0.000000133. The van der Waals surface area contributed by atoms with Crippen molar-refractivity contribution >= 4 is 21.9 Å². The molecule has 8 rings (SSSR count). The molecule has 0 atom stereocenters. The summed E-state index contributed by atoms with van der Waals surface area (Å²) < 4.78 is 2.30. The highest BCUT2D eigenvalue weighted by atomic mass is 15.0. The van der Waals surface area contributed by atoms with E-state index in [0.717, 1.165) is 52.2 Å². The first-order chi connectivity index (χ1) is 19.8. The Kier molecular flexibility index (Phi) is 6.09. The summed E-state index contributed by atoms with van der Waals surface area (Å²) >= 11 is 0. The molecule has 0 N–H and O–H groups in total. The van der Waals surface area contributed by atoms with E-state index in [2.05, 4.69) is 104 Å². The maximum Gasteiger partial charge on any atom is 0.116 e. The molecule has 4 aromatic carbocycles. The normalized spacial score (nSPS) is 11.6. The molecular weight excluding hydrogens is 490 g/mol. The summed E-state index contributed by atoms with van der Waals surface area (Å²) in [5.41, 5.74) is 12.6. The molecule has 5 nitrogen and oxygen atoms in total. The summed E-state index contributed by atoms with van der Waals surface area (Å²) in [6, 6.07) is 37.5.